The maximum Gasteiger partial charge on any atom is 0.164 e. The number of hydrogen-bond acceptors (Lipinski definition) is 4. The predicted molar refractivity (Wildman–Crippen MR) is 226 cm³/mol. The molecule has 5 heteroatoms. The molecule has 0 bridgehead atoms. The van der Waals surface area contributed by atoms with Gasteiger partial charge in [-0.15, -0.1) is 0 Å². The van der Waals surface area contributed by atoms with E-state index >= 15 is 0 Å². The lowest BCUT2D eigenvalue weighted by Crippen LogP contribution is -2.02. The smallest absolute Gasteiger partial charge is 0.164 e. The van der Waals surface area contributed by atoms with Crippen molar-refractivity contribution in [2.75, 3.05) is 0 Å². The molecule has 0 aliphatic heterocycles. The summed E-state index contributed by atoms with van der Waals surface area (Å²) in [5.41, 5.74) is 6.85. The molecule has 0 spiro atoms. The molecule has 0 aliphatic rings. The van der Waals surface area contributed by atoms with Crippen LogP contribution in [0.3, 0.4) is 0 Å². The van der Waals surface area contributed by atoms with E-state index in [1.807, 2.05) is 6.07 Å². The third-order valence-corrected chi connectivity index (χ3v) is 10.6. The van der Waals surface area contributed by atoms with Crippen molar-refractivity contribution < 1.29 is 0 Å². The zero-order chi connectivity index (χ0) is 36.3. The van der Waals surface area contributed by atoms with Gasteiger partial charge >= 0.3 is 0 Å². The van der Waals surface area contributed by atoms with Crippen molar-refractivity contribution in [1.82, 2.24) is 24.5 Å². The number of imidazole rings is 1. The molecule has 0 N–H and O–H groups in total. The Balaban J connectivity index is 1.19. The molecule has 11 aromatic rings. The van der Waals surface area contributed by atoms with Gasteiger partial charge in [0.05, 0.1) is 11.0 Å². The van der Waals surface area contributed by atoms with Gasteiger partial charge in [-0.25, -0.2) is 19.9 Å². The van der Waals surface area contributed by atoms with E-state index in [1.54, 1.807) is 0 Å². The summed E-state index contributed by atoms with van der Waals surface area (Å²) in [6.45, 7) is 0. The Hall–Kier alpha value is -7.50. The fourth-order valence-corrected chi connectivity index (χ4v) is 8.11. The molecule has 0 fully saturated rings. The van der Waals surface area contributed by atoms with Crippen LogP contribution in [0.2, 0.25) is 0 Å². The maximum absolute atomic E-state index is 5.43. The van der Waals surface area contributed by atoms with Crippen molar-refractivity contribution in [3.05, 3.63) is 188 Å². The van der Waals surface area contributed by atoms with Crippen LogP contribution in [0.15, 0.2) is 188 Å². The molecule has 5 nitrogen and oxygen atoms in total. The van der Waals surface area contributed by atoms with Gasteiger partial charge in [0.15, 0.2) is 17.5 Å². The van der Waals surface area contributed by atoms with Crippen LogP contribution in [-0.2, 0) is 0 Å². The highest BCUT2D eigenvalue weighted by atomic mass is 15.1. The topological polar surface area (TPSA) is 56.5 Å². The molecule has 0 saturated carbocycles. The minimum atomic E-state index is 0.601. The molecular formula is C50H31N5. The van der Waals surface area contributed by atoms with Crippen molar-refractivity contribution >= 4 is 54.1 Å². The number of hydrogen-bond donors (Lipinski definition) is 0. The van der Waals surface area contributed by atoms with Crippen LogP contribution in [-0.4, -0.2) is 24.5 Å². The number of fused-ring (bicyclic) bond motifs is 8. The highest BCUT2D eigenvalue weighted by Crippen LogP contribution is 2.40. The van der Waals surface area contributed by atoms with E-state index in [1.165, 1.54) is 10.8 Å². The molecule has 0 radical (unpaired) electrons. The minimum Gasteiger partial charge on any atom is -0.292 e. The molecule has 256 valence electrons. The Morgan fingerprint density at radius 1 is 0.327 bits per heavy atom. The van der Waals surface area contributed by atoms with E-state index in [4.69, 9.17) is 19.9 Å². The first kappa shape index (κ1) is 31.1. The van der Waals surface area contributed by atoms with Crippen molar-refractivity contribution in [3.63, 3.8) is 0 Å². The van der Waals surface area contributed by atoms with Gasteiger partial charge in [-0.2, -0.15) is 0 Å². The van der Waals surface area contributed by atoms with E-state index in [9.17, 15) is 0 Å². The SMILES string of the molecule is c1ccc(-c2nc3c4ccccc4c4ccccc4c3n2-c2cccc(-c3nc(-c4cccc5ccccc45)nc(-c4cccc5ccccc45)n3)c2)cc1. The van der Waals surface area contributed by atoms with Crippen molar-refractivity contribution in [1.29, 1.82) is 0 Å². The summed E-state index contributed by atoms with van der Waals surface area (Å²) >= 11 is 0. The lowest BCUT2D eigenvalue weighted by atomic mass is 10.00. The fraction of sp³-hybridized carbons (Fsp3) is 0. The number of rotatable bonds is 5. The molecule has 0 unspecified atom stereocenters. The van der Waals surface area contributed by atoms with Crippen molar-refractivity contribution in [2.24, 2.45) is 0 Å². The second-order valence-electron chi connectivity index (χ2n) is 13.8. The second-order valence-corrected chi connectivity index (χ2v) is 13.8. The summed E-state index contributed by atoms with van der Waals surface area (Å²) in [6, 6.07) is 65.6. The zero-order valence-electron chi connectivity index (χ0n) is 29.6. The Morgan fingerprint density at radius 3 is 1.45 bits per heavy atom. The molecular weight excluding hydrogens is 671 g/mol. The monoisotopic (exact) mass is 701 g/mol. The van der Waals surface area contributed by atoms with Gasteiger partial charge in [0.1, 0.15) is 5.82 Å². The largest absolute Gasteiger partial charge is 0.292 e. The quantitative estimate of drug-likeness (QED) is 0.168. The fourth-order valence-electron chi connectivity index (χ4n) is 8.11. The molecule has 55 heavy (non-hydrogen) atoms. The molecule has 2 heterocycles. The maximum atomic E-state index is 5.43. The summed E-state index contributed by atoms with van der Waals surface area (Å²) < 4.78 is 2.31. The molecule has 2 aromatic heterocycles. The lowest BCUT2D eigenvalue weighted by Gasteiger charge is -2.14. The molecule has 9 aromatic carbocycles. The van der Waals surface area contributed by atoms with Gasteiger partial charge in [-0.1, -0.05) is 176 Å². The van der Waals surface area contributed by atoms with Crippen LogP contribution >= 0.6 is 0 Å². The average Bonchev–Trinajstić information content (AvgIpc) is 3.68. The standard InChI is InChI=1S/C50H31N5/c1-2-17-34(18-3-1)50-51-45-41-27-10-8-25-39(41)40-26-9-11-28-42(40)46(45)55(50)36-22-12-21-35(31-36)47-52-48(43-29-13-19-32-15-4-6-23-37(32)43)54-49(53-47)44-30-14-20-33-16-5-7-24-38(33)44/h1-31H. The first-order valence-corrected chi connectivity index (χ1v) is 18.5. The van der Waals surface area contributed by atoms with E-state index in [0.717, 1.165) is 77.1 Å². The van der Waals surface area contributed by atoms with Gasteiger partial charge in [0.2, 0.25) is 0 Å². The van der Waals surface area contributed by atoms with E-state index < -0.39 is 0 Å². The first-order chi connectivity index (χ1) is 27.3. The van der Waals surface area contributed by atoms with E-state index in [-0.39, 0.29) is 0 Å². The number of benzene rings is 9. The average molecular weight is 702 g/mol. The molecule has 0 aliphatic carbocycles. The van der Waals surface area contributed by atoms with Crippen LogP contribution in [0.5, 0.6) is 0 Å². The highest BCUT2D eigenvalue weighted by Gasteiger charge is 2.21. The van der Waals surface area contributed by atoms with E-state index in [0.29, 0.717) is 17.5 Å². The van der Waals surface area contributed by atoms with Crippen LogP contribution in [0.4, 0.5) is 0 Å². The van der Waals surface area contributed by atoms with Crippen LogP contribution in [0.1, 0.15) is 0 Å². The Kier molecular flexibility index (Phi) is 7.10. The predicted octanol–water partition coefficient (Wildman–Crippen LogP) is 12.5. The Bertz CT molecular complexity index is 3170. The molecule has 0 amide bonds. The second kappa shape index (κ2) is 12.6. The van der Waals surface area contributed by atoms with Crippen LogP contribution in [0, 0.1) is 0 Å². The van der Waals surface area contributed by atoms with Crippen LogP contribution in [0.25, 0.3) is 105 Å². The number of aromatic nitrogens is 5. The Labute approximate surface area is 316 Å². The summed E-state index contributed by atoms with van der Waals surface area (Å²) in [4.78, 5) is 21.1. The number of nitrogens with zero attached hydrogens (tertiary/aromatic N) is 5. The van der Waals surface area contributed by atoms with Gasteiger partial charge in [-0.3, -0.25) is 4.57 Å². The lowest BCUT2D eigenvalue weighted by molar-refractivity contribution is 1.07. The summed E-state index contributed by atoms with van der Waals surface area (Å²) in [5.74, 6) is 2.73. The molecule has 0 atom stereocenters. The van der Waals surface area contributed by atoms with Gasteiger partial charge < -0.3 is 0 Å². The van der Waals surface area contributed by atoms with Gasteiger partial charge in [-0.05, 0) is 44.5 Å². The third-order valence-electron chi connectivity index (χ3n) is 10.6. The van der Waals surface area contributed by atoms with E-state index in [2.05, 4.69) is 187 Å². The van der Waals surface area contributed by atoms with Gasteiger partial charge in [0.25, 0.3) is 0 Å². The third kappa shape index (κ3) is 5.09. The van der Waals surface area contributed by atoms with Crippen LogP contribution < -0.4 is 0 Å². The zero-order valence-corrected chi connectivity index (χ0v) is 29.6. The van der Waals surface area contributed by atoms with Crippen molar-refractivity contribution in [2.45, 2.75) is 0 Å². The molecule has 0 saturated heterocycles. The van der Waals surface area contributed by atoms with Crippen molar-refractivity contribution in [3.8, 4) is 51.2 Å². The Morgan fingerprint density at radius 2 is 0.800 bits per heavy atom. The summed E-state index contributed by atoms with van der Waals surface area (Å²) in [5, 5.41) is 9.11. The summed E-state index contributed by atoms with van der Waals surface area (Å²) in [7, 11) is 0. The first-order valence-electron chi connectivity index (χ1n) is 18.5. The summed E-state index contributed by atoms with van der Waals surface area (Å²) in [6.07, 6.45) is 0. The van der Waals surface area contributed by atoms with Gasteiger partial charge in [0, 0.05) is 38.7 Å². The highest BCUT2D eigenvalue weighted by molar-refractivity contribution is 6.24. The molecule has 11 rings (SSSR count). The normalized spacial score (nSPS) is 11.6. The minimum absolute atomic E-state index is 0.601.